The summed E-state index contributed by atoms with van der Waals surface area (Å²) in [5, 5.41) is 13.1. The summed E-state index contributed by atoms with van der Waals surface area (Å²) in [5.41, 5.74) is 0.845. The van der Waals surface area contributed by atoms with Crippen LogP contribution in [-0.4, -0.2) is 62.8 Å². The highest BCUT2D eigenvalue weighted by molar-refractivity contribution is 7.91. The van der Waals surface area contributed by atoms with Crippen molar-refractivity contribution in [2.75, 3.05) is 12.4 Å². The summed E-state index contributed by atoms with van der Waals surface area (Å²) in [7, 11) is -3.62. The van der Waals surface area contributed by atoms with Gasteiger partial charge in [0.2, 0.25) is 0 Å². The van der Waals surface area contributed by atoms with Crippen LogP contribution in [0.5, 0.6) is 0 Å². The van der Waals surface area contributed by atoms with Crippen molar-refractivity contribution in [1.82, 2.24) is 5.32 Å². The molecule has 10 heteroatoms. The molecule has 0 saturated carbocycles. The molecule has 4 rings (SSSR count). The number of hydrogen-bond donors (Lipinski definition) is 2. The van der Waals surface area contributed by atoms with Gasteiger partial charge >= 0.3 is 6.09 Å². The normalized spacial score (nSPS) is 27.8. The monoisotopic (exact) mass is 463 g/mol. The number of benzene rings is 2. The molecule has 0 bridgehead atoms. The largest absolute Gasteiger partial charge is 0.445 e. The van der Waals surface area contributed by atoms with Crippen LogP contribution in [0.3, 0.4) is 0 Å². The van der Waals surface area contributed by atoms with Gasteiger partial charge in [0.15, 0.2) is 16.1 Å². The highest BCUT2D eigenvalue weighted by atomic mass is 32.2. The van der Waals surface area contributed by atoms with Crippen molar-refractivity contribution in [2.24, 2.45) is 0 Å². The third kappa shape index (κ3) is 5.64. The third-order valence-corrected chi connectivity index (χ3v) is 6.95. The zero-order chi connectivity index (χ0) is 22.6. The maximum absolute atomic E-state index is 12.6. The highest BCUT2D eigenvalue weighted by Gasteiger charge is 2.44. The van der Waals surface area contributed by atoms with Crippen molar-refractivity contribution >= 4 is 15.9 Å². The Morgan fingerprint density at radius 3 is 2.47 bits per heavy atom. The Morgan fingerprint density at radius 1 is 1.06 bits per heavy atom. The van der Waals surface area contributed by atoms with E-state index in [1.807, 2.05) is 30.3 Å². The van der Waals surface area contributed by atoms with Crippen LogP contribution < -0.4 is 5.32 Å². The van der Waals surface area contributed by atoms with Crippen LogP contribution in [0.25, 0.3) is 0 Å². The molecule has 2 heterocycles. The van der Waals surface area contributed by atoms with E-state index in [0.717, 1.165) is 5.56 Å². The first-order chi connectivity index (χ1) is 15.4. The molecule has 2 aromatic carbocycles. The van der Waals surface area contributed by atoms with Crippen molar-refractivity contribution in [3.63, 3.8) is 0 Å². The van der Waals surface area contributed by atoms with Gasteiger partial charge in [-0.15, -0.1) is 0 Å². The van der Waals surface area contributed by atoms with Gasteiger partial charge in [-0.3, -0.25) is 5.32 Å². The number of carbonyl (C=O) groups is 1. The van der Waals surface area contributed by atoms with E-state index in [9.17, 15) is 18.3 Å². The number of sulfone groups is 1. The Balaban J connectivity index is 1.28. The number of hydrogen-bond acceptors (Lipinski definition) is 8. The lowest BCUT2D eigenvalue weighted by atomic mass is 10.00. The van der Waals surface area contributed by atoms with Crippen LogP contribution >= 0.6 is 0 Å². The lowest BCUT2D eigenvalue weighted by molar-refractivity contribution is -0.301. The number of amides is 1. The zero-order valence-corrected chi connectivity index (χ0v) is 18.0. The predicted molar refractivity (Wildman–Crippen MR) is 112 cm³/mol. The first kappa shape index (κ1) is 22.7. The molecule has 9 nitrogen and oxygen atoms in total. The van der Waals surface area contributed by atoms with Gasteiger partial charge in [-0.05, 0) is 17.7 Å². The van der Waals surface area contributed by atoms with Crippen molar-refractivity contribution < 1.29 is 37.3 Å². The second-order valence-corrected chi connectivity index (χ2v) is 9.66. The van der Waals surface area contributed by atoms with Crippen molar-refractivity contribution in [2.45, 2.75) is 48.8 Å². The second kappa shape index (κ2) is 9.97. The summed E-state index contributed by atoms with van der Waals surface area (Å²) in [4.78, 5) is 12.2. The average molecular weight is 464 g/mol. The third-order valence-electron chi connectivity index (χ3n) is 5.25. The molecule has 2 unspecified atom stereocenters. The minimum absolute atomic E-state index is 0.0218. The van der Waals surface area contributed by atoms with Gasteiger partial charge in [0, 0.05) is 6.42 Å². The van der Waals surface area contributed by atoms with E-state index in [0.29, 0.717) is 0 Å². The number of rotatable bonds is 6. The first-order valence-corrected chi connectivity index (χ1v) is 11.9. The molecule has 0 aliphatic carbocycles. The molecule has 1 amide bonds. The van der Waals surface area contributed by atoms with E-state index in [2.05, 4.69) is 5.32 Å². The summed E-state index contributed by atoms with van der Waals surface area (Å²) in [6, 6.07) is 17.3. The molecule has 2 aliphatic heterocycles. The van der Waals surface area contributed by atoms with E-state index in [1.165, 1.54) is 12.1 Å². The van der Waals surface area contributed by atoms with Crippen LogP contribution in [0.4, 0.5) is 4.79 Å². The van der Waals surface area contributed by atoms with Gasteiger partial charge in [0.1, 0.15) is 30.8 Å². The van der Waals surface area contributed by atoms with Crippen LogP contribution in [-0.2, 0) is 35.4 Å². The van der Waals surface area contributed by atoms with E-state index in [-0.39, 0.29) is 30.3 Å². The molecule has 0 radical (unpaired) electrons. The molecule has 2 aliphatic rings. The van der Waals surface area contributed by atoms with Gasteiger partial charge in [0.25, 0.3) is 0 Å². The van der Waals surface area contributed by atoms with Gasteiger partial charge in [-0.2, -0.15) is 0 Å². The molecule has 0 aromatic heterocycles. The fourth-order valence-corrected chi connectivity index (χ4v) is 4.95. The predicted octanol–water partition coefficient (Wildman–Crippen LogP) is 1.60. The molecule has 0 spiro atoms. The quantitative estimate of drug-likeness (QED) is 0.663. The molecule has 5 atom stereocenters. The van der Waals surface area contributed by atoms with E-state index in [1.54, 1.807) is 18.2 Å². The molecule has 32 heavy (non-hydrogen) atoms. The number of ether oxygens (including phenoxy) is 4. The smallest absolute Gasteiger partial charge is 0.409 e. The number of aliphatic hydroxyl groups is 1. The number of nitrogens with one attached hydrogen (secondary N) is 1. The lowest BCUT2D eigenvalue weighted by Gasteiger charge is -2.44. The summed E-state index contributed by atoms with van der Waals surface area (Å²) < 4.78 is 47.3. The summed E-state index contributed by atoms with van der Waals surface area (Å²) in [6.07, 6.45) is -4.81. The zero-order valence-electron chi connectivity index (χ0n) is 17.2. The fraction of sp³-hybridized carbons (Fsp3) is 0.409. The van der Waals surface area contributed by atoms with E-state index in [4.69, 9.17) is 18.9 Å². The summed E-state index contributed by atoms with van der Waals surface area (Å²) in [5.74, 6) is -0.375. The van der Waals surface area contributed by atoms with Gasteiger partial charge in [-0.1, -0.05) is 48.5 Å². The molecular weight excluding hydrogens is 438 g/mol. The number of alkyl carbamates (subject to hydrolysis) is 1. The Morgan fingerprint density at radius 2 is 1.75 bits per heavy atom. The minimum atomic E-state index is -3.62. The maximum Gasteiger partial charge on any atom is 0.409 e. The number of carbonyl (C=O) groups excluding carboxylic acids is 1. The van der Waals surface area contributed by atoms with Gasteiger partial charge < -0.3 is 24.1 Å². The highest BCUT2D eigenvalue weighted by Crippen LogP contribution is 2.28. The molecule has 2 saturated heterocycles. The van der Waals surface area contributed by atoms with Crippen LogP contribution in [0, 0.1) is 0 Å². The van der Waals surface area contributed by atoms with E-state index >= 15 is 0 Å². The van der Waals surface area contributed by atoms with Gasteiger partial charge in [-0.25, -0.2) is 13.2 Å². The minimum Gasteiger partial charge on any atom is -0.445 e. The van der Waals surface area contributed by atoms with Crippen LogP contribution in [0.2, 0.25) is 0 Å². The fourth-order valence-electron chi connectivity index (χ4n) is 3.65. The lowest BCUT2D eigenvalue weighted by Crippen LogP contribution is -2.60. The maximum atomic E-state index is 12.6. The van der Waals surface area contributed by atoms with Crippen molar-refractivity contribution in [3.05, 3.63) is 66.2 Å². The summed E-state index contributed by atoms with van der Waals surface area (Å²) in [6.45, 7) is 0.131. The molecule has 2 fully saturated rings. The molecule has 172 valence electrons. The Labute approximate surface area is 186 Å². The average Bonchev–Trinajstić information content (AvgIpc) is 2.79. The SMILES string of the molecule is O=C(NC1C[C@@H](O)[C@@H]2OC(CS(=O)(=O)c3ccccc3)OC[C@H]2O1)OCc1ccccc1. The molecule has 2 N–H and O–H groups in total. The summed E-state index contributed by atoms with van der Waals surface area (Å²) >= 11 is 0. The van der Waals surface area contributed by atoms with Crippen LogP contribution in [0.15, 0.2) is 65.6 Å². The van der Waals surface area contributed by atoms with Crippen molar-refractivity contribution in [3.8, 4) is 0 Å². The first-order valence-electron chi connectivity index (χ1n) is 10.3. The van der Waals surface area contributed by atoms with Crippen molar-refractivity contribution in [1.29, 1.82) is 0 Å². The van der Waals surface area contributed by atoms with E-state index < -0.39 is 46.8 Å². The number of aliphatic hydroxyl groups excluding tert-OH is 1. The second-order valence-electron chi connectivity index (χ2n) is 7.63. The Bertz CT molecular complexity index is 1000. The Kier molecular flexibility index (Phi) is 7.07. The topological polar surface area (TPSA) is 120 Å². The number of fused-ring (bicyclic) bond motifs is 1. The molecule has 2 aromatic rings. The standard InChI is InChI=1S/C22H25NO8S/c24-17-11-19(23-22(25)29-12-15-7-3-1-4-8-15)30-18-13-28-20(31-21(17)18)14-32(26,27)16-9-5-2-6-10-16/h1-10,17-21,24H,11-14H2,(H,23,25)/t17-,18-,19?,20?,21+/m1/s1. The van der Waals surface area contributed by atoms with Crippen LogP contribution in [0.1, 0.15) is 12.0 Å². The Hall–Kier alpha value is -2.50. The van der Waals surface area contributed by atoms with Gasteiger partial charge in [0.05, 0.1) is 17.6 Å². The molecular formula is C22H25NO8S.